The molecule has 0 aromatic heterocycles. The van der Waals surface area contributed by atoms with Crippen LogP contribution < -0.4 is 0 Å². The lowest BCUT2D eigenvalue weighted by Gasteiger charge is -2.50. The van der Waals surface area contributed by atoms with Crippen molar-refractivity contribution in [3.8, 4) is 0 Å². The summed E-state index contributed by atoms with van der Waals surface area (Å²) in [5.74, 6) is -1.19. The minimum Gasteiger partial charge on any atom is -0.462 e. The van der Waals surface area contributed by atoms with Gasteiger partial charge in [-0.15, -0.1) is 0 Å². The van der Waals surface area contributed by atoms with Gasteiger partial charge in [-0.3, -0.25) is 9.59 Å². The summed E-state index contributed by atoms with van der Waals surface area (Å²) in [7, 11) is 1.03. The summed E-state index contributed by atoms with van der Waals surface area (Å²) in [6, 6.07) is -0.0132. The van der Waals surface area contributed by atoms with Crippen molar-refractivity contribution < 1.29 is 65.5 Å². The van der Waals surface area contributed by atoms with E-state index in [0.29, 0.717) is 51.7 Å². The Morgan fingerprint density at radius 2 is 1.27 bits per heavy atom. The van der Waals surface area contributed by atoms with E-state index < -0.39 is 80.4 Å². The van der Waals surface area contributed by atoms with Crippen molar-refractivity contribution in [2.24, 2.45) is 29.6 Å². The van der Waals surface area contributed by atoms with Crippen LogP contribution in [0.3, 0.4) is 0 Å². The van der Waals surface area contributed by atoms with Gasteiger partial charge in [0.25, 0.3) is 0 Å². The number of rotatable bonds is 21. The van der Waals surface area contributed by atoms with Crippen LogP contribution in [0.5, 0.6) is 0 Å². The van der Waals surface area contributed by atoms with Crippen LogP contribution in [-0.4, -0.2) is 174 Å². The smallest absolute Gasteiger partial charge is 0.308 e. The van der Waals surface area contributed by atoms with Crippen molar-refractivity contribution in [2.45, 2.75) is 243 Å². The van der Waals surface area contributed by atoms with Crippen molar-refractivity contribution in [1.29, 1.82) is 0 Å². The molecule has 0 aromatic carbocycles. The molecule has 19 heteroatoms. The maximum atomic E-state index is 14.7. The average Bonchev–Trinajstić information content (AvgIpc) is 3.25. The Labute approximate surface area is 448 Å². The number of ketones is 1. The Morgan fingerprint density at radius 3 is 1.79 bits per heavy atom. The molecule has 3 fully saturated rings. The van der Waals surface area contributed by atoms with Gasteiger partial charge >= 0.3 is 5.97 Å². The fourth-order valence-electron chi connectivity index (χ4n) is 10.7. The maximum Gasteiger partial charge on any atom is 0.308 e. The van der Waals surface area contributed by atoms with E-state index in [1.54, 1.807) is 14.2 Å². The summed E-state index contributed by atoms with van der Waals surface area (Å²) in [6.45, 7) is 37.0. The lowest BCUT2D eigenvalue weighted by molar-refractivity contribution is -0.302. The van der Waals surface area contributed by atoms with Crippen molar-refractivity contribution in [2.75, 3.05) is 48.1 Å². The van der Waals surface area contributed by atoms with Gasteiger partial charge in [-0.1, -0.05) is 50.3 Å². The number of alkyl halides is 1. The molecule has 1 unspecified atom stereocenters. The number of carbonyl (C=O) groups excluding carboxylic acids is 2. The number of hydrogen-bond acceptors (Lipinski definition) is 15. The fourth-order valence-corrected chi connectivity index (χ4v) is 15.3. The Balaban J connectivity index is 2.17. The fraction of sp³-hybridized carbons (Fsp3) is 0.962. The minimum absolute atomic E-state index is 0.00237. The quantitative estimate of drug-likeness (QED) is 0.0353. The Hall–Kier alpha value is 0.0406. The van der Waals surface area contributed by atoms with E-state index in [2.05, 4.69) is 121 Å². The average molecular weight is 1180 g/mol. The summed E-state index contributed by atoms with van der Waals surface area (Å²) in [6.07, 6.45) is -2.61. The molecule has 3 heterocycles. The first kappa shape index (κ1) is 65.3. The molecule has 3 aliphatic rings. The second-order valence-corrected chi connectivity index (χ2v) is 38.7. The molecule has 0 bridgehead atoms. The number of likely N-dealkylation sites (N-methyl/N-ethyl adjacent to an activating group) is 1. The SMILES string of the molecule is CCOC(C[C@H]1C[C@@H](C)C(=O)CCC(C)C[C@H](CO[C@@H]2O[C@H](C)[C@@H](O[Si](C)(C)C)[C@@H](OC)[C@H]2OC)[C@@H](CC)OC(=O)C[C@@H](O[Si](C)(C)C)[C@@H](C)[C@H]1O[C@@H]1O[C@H](C)[C@@H](I)[C@H](N(C)C)[C@H]1O[Si](C)(C)C)OCC. The zero-order chi connectivity index (χ0) is 53.8. The van der Waals surface area contributed by atoms with E-state index in [4.69, 9.17) is 55.9 Å². The molecule has 0 N–H and O–H groups in total. The largest absolute Gasteiger partial charge is 0.462 e. The number of nitrogens with zero attached hydrogens (tertiary/aromatic N) is 1. The van der Waals surface area contributed by atoms with E-state index in [0.717, 1.165) is 0 Å². The first-order valence-electron chi connectivity index (χ1n) is 26.9. The molecule has 15 nitrogen and oxygen atoms in total. The molecule has 3 aliphatic heterocycles. The standard InChI is InChI=1S/C52H102INO14Si3/c1-22-40-38(31-61-51-50(58-12)49(57-11)47(36(8)63-51)67-70(16,17)18)27-32(4)25-26-39(55)33(5)28-37(29-43(59-23-2)60-24-3)46(34(6)41(30-42(56)64-40)66-69(13,14)15)65-52-48(68-71(19,20)21)45(54(9)10)44(53)35(7)62-52/h32-38,40-41,43-52H,22-31H2,1-21H3/t32?,33-,34-,35-,36-,37-,38-,40-,41-,44-,45+,46-,47-,48-,49-,50-,51-,52+/m1/s1. The van der Waals surface area contributed by atoms with E-state index in [9.17, 15) is 9.59 Å². The number of methoxy groups -OCH3 is 2. The van der Waals surface area contributed by atoms with Crippen LogP contribution in [0, 0.1) is 29.6 Å². The van der Waals surface area contributed by atoms with Crippen LogP contribution in [0.2, 0.25) is 58.9 Å². The molecule has 0 saturated carbocycles. The molecule has 0 spiro atoms. The topological polar surface area (TPSA) is 148 Å². The number of esters is 1. The van der Waals surface area contributed by atoms with Crippen LogP contribution in [0.4, 0.5) is 0 Å². The number of Topliss-reactive ketones (excluding diaryl/α,β-unsaturated/α-hetero) is 1. The van der Waals surface area contributed by atoms with Crippen LogP contribution in [0.1, 0.15) is 100 Å². The highest BCUT2D eigenvalue weighted by Gasteiger charge is 2.51. The first-order valence-corrected chi connectivity index (χ1v) is 38.4. The Kier molecular flexibility index (Phi) is 27.3. The molecule has 0 amide bonds. The molecular weight excluding hydrogens is 1070 g/mol. The van der Waals surface area contributed by atoms with Gasteiger partial charge in [0.2, 0.25) is 0 Å². The molecule has 3 rings (SSSR count). The monoisotopic (exact) mass is 1180 g/mol. The Morgan fingerprint density at radius 1 is 0.704 bits per heavy atom. The van der Waals surface area contributed by atoms with E-state index in [1.807, 2.05) is 34.6 Å². The summed E-state index contributed by atoms with van der Waals surface area (Å²) in [5, 5.41) is 0. The third-order valence-corrected chi connectivity index (χ3v) is 18.7. The lowest BCUT2D eigenvalue weighted by Crippen LogP contribution is -2.64. The van der Waals surface area contributed by atoms with Crippen LogP contribution in [-0.2, 0) is 65.5 Å². The van der Waals surface area contributed by atoms with Crippen LogP contribution in [0.15, 0.2) is 0 Å². The second kappa shape index (κ2) is 29.7. The van der Waals surface area contributed by atoms with Crippen molar-refractivity contribution >= 4 is 59.3 Å². The third-order valence-electron chi connectivity index (χ3n) is 14.0. The molecule has 18 atom stereocenters. The van der Waals surface area contributed by atoms with Gasteiger partial charge in [0.05, 0.1) is 53.5 Å². The summed E-state index contributed by atoms with van der Waals surface area (Å²) in [5.41, 5.74) is 0. The number of hydrogen-bond donors (Lipinski definition) is 0. The molecule has 71 heavy (non-hydrogen) atoms. The molecule has 0 radical (unpaired) electrons. The second-order valence-electron chi connectivity index (χ2n) is 23.9. The maximum absolute atomic E-state index is 14.7. The van der Waals surface area contributed by atoms with Gasteiger partial charge < -0.3 is 60.8 Å². The van der Waals surface area contributed by atoms with Gasteiger partial charge in [-0.2, -0.15) is 0 Å². The first-order chi connectivity index (χ1) is 33.0. The highest BCUT2D eigenvalue weighted by Crippen LogP contribution is 2.40. The summed E-state index contributed by atoms with van der Waals surface area (Å²) >= 11 is 2.50. The molecule has 3 saturated heterocycles. The summed E-state index contributed by atoms with van der Waals surface area (Å²) in [4.78, 5) is 31.5. The lowest BCUT2D eigenvalue weighted by atomic mass is 9.78. The molecule has 418 valence electrons. The number of cyclic esters (lactones) is 1. The number of ether oxygens (including phenoxy) is 9. The van der Waals surface area contributed by atoms with Crippen LogP contribution >= 0.6 is 22.6 Å². The summed E-state index contributed by atoms with van der Waals surface area (Å²) < 4.78 is 79.7. The van der Waals surface area contributed by atoms with Gasteiger partial charge in [0, 0.05) is 58.0 Å². The van der Waals surface area contributed by atoms with Crippen molar-refractivity contribution in [1.82, 2.24) is 4.90 Å². The predicted octanol–water partition coefficient (Wildman–Crippen LogP) is 10.1. The zero-order valence-electron chi connectivity index (χ0n) is 48.1. The molecule has 0 aliphatic carbocycles. The van der Waals surface area contributed by atoms with Crippen molar-refractivity contribution in [3.05, 3.63) is 0 Å². The number of halogens is 1. The molecular formula is C52H102INO14Si3. The van der Waals surface area contributed by atoms with E-state index in [-0.39, 0.29) is 82.6 Å². The van der Waals surface area contributed by atoms with Crippen molar-refractivity contribution in [3.63, 3.8) is 0 Å². The van der Waals surface area contributed by atoms with Gasteiger partial charge in [-0.05, 0) is 138 Å². The predicted molar refractivity (Wildman–Crippen MR) is 295 cm³/mol. The minimum atomic E-state index is -2.33. The van der Waals surface area contributed by atoms with E-state index >= 15 is 0 Å². The zero-order valence-corrected chi connectivity index (χ0v) is 53.2. The van der Waals surface area contributed by atoms with E-state index in [1.165, 1.54) is 0 Å². The highest BCUT2D eigenvalue weighted by molar-refractivity contribution is 14.1. The molecule has 0 aromatic rings. The van der Waals surface area contributed by atoms with Crippen LogP contribution in [0.25, 0.3) is 0 Å². The third kappa shape index (κ3) is 20.7. The van der Waals surface area contributed by atoms with Gasteiger partial charge in [0.15, 0.2) is 43.8 Å². The van der Waals surface area contributed by atoms with Gasteiger partial charge in [0.1, 0.15) is 30.2 Å². The Bertz CT molecular complexity index is 1560. The number of carbonyl (C=O) groups is 2. The normalized spacial score (nSPS) is 37.1. The van der Waals surface area contributed by atoms with Gasteiger partial charge in [-0.25, -0.2) is 0 Å². The highest BCUT2D eigenvalue weighted by atomic mass is 127.